The van der Waals surface area contributed by atoms with E-state index in [4.69, 9.17) is 75.8 Å². The fraction of sp³-hybridized carbons (Fsp3) is 0.263. The van der Waals surface area contributed by atoms with Crippen molar-refractivity contribution in [1.29, 1.82) is 0 Å². The van der Waals surface area contributed by atoms with E-state index in [2.05, 4.69) is 6.58 Å². The molecule has 3 saturated heterocycles. The first-order valence-corrected chi connectivity index (χ1v) is 38.4. The average Bonchev–Trinajstić information content (AvgIpc) is 0.756. The predicted molar refractivity (Wildman–Crippen MR) is 425 cm³/mol. The lowest BCUT2D eigenvalue weighted by Gasteiger charge is -2.51. The van der Waals surface area contributed by atoms with Crippen LogP contribution in [0.3, 0.4) is 0 Å². The van der Waals surface area contributed by atoms with E-state index in [0.717, 1.165) is 38.6 Å². The van der Waals surface area contributed by atoms with Gasteiger partial charge < -0.3 is 75.8 Å². The molecule has 11 aromatic carbocycles. The predicted octanol–water partition coefficient (Wildman–Crippen LogP) is 15.6. The summed E-state index contributed by atoms with van der Waals surface area (Å²) in [6, 6.07) is 95.0. The molecule has 0 aromatic heterocycles. The highest BCUT2D eigenvalue weighted by atomic mass is 16.8. The molecule has 590 valence electrons. The van der Waals surface area contributed by atoms with E-state index in [1.807, 2.05) is 194 Å². The fourth-order valence-corrected chi connectivity index (χ4v) is 14.0. The van der Waals surface area contributed by atoms with Gasteiger partial charge in [0.1, 0.15) is 61.5 Å². The Hall–Kier alpha value is -11.2. The molecule has 15 unspecified atom stereocenters. The zero-order valence-corrected chi connectivity index (χ0v) is 63.2. The maximum Gasteiger partial charge on any atom is 0.338 e. The topological polar surface area (TPSA) is 216 Å². The fourth-order valence-electron chi connectivity index (χ4n) is 14.0. The Kier molecular flexibility index (Phi) is 28.8. The van der Waals surface area contributed by atoms with Gasteiger partial charge >= 0.3 is 23.9 Å². The normalized spacial score (nSPS) is 23.3. The summed E-state index contributed by atoms with van der Waals surface area (Å²) in [5, 5.41) is 1.95. The first kappa shape index (κ1) is 80.4. The van der Waals surface area contributed by atoms with Crippen molar-refractivity contribution in [3.63, 3.8) is 0 Å². The second kappa shape index (κ2) is 41.2. The Bertz CT molecular complexity index is 4810. The molecule has 0 bridgehead atoms. The third-order valence-corrected chi connectivity index (χ3v) is 19.8. The molecule has 0 N–H and O–H groups in total. The van der Waals surface area contributed by atoms with Crippen molar-refractivity contribution in [2.45, 2.75) is 132 Å². The monoisotopic (exact) mass is 1550 g/mol. The van der Waals surface area contributed by atoms with Crippen molar-refractivity contribution in [1.82, 2.24) is 0 Å². The summed E-state index contributed by atoms with van der Waals surface area (Å²) >= 11 is 0. The molecular weight excluding hydrogens is 1460 g/mol. The first-order valence-electron chi connectivity index (χ1n) is 38.4. The summed E-state index contributed by atoms with van der Waals surface area (Å²) in [4.78, 5) is 60.5. The Balaban J connectivity index is 0.951. The summed E-state index contributed by atoms with van der Waals surface area (Å²) < 4.78 is 113. The molecule has 0 aliphatic carbocycles. The number of ether oxygens (including phenoxy) is 16. The van der Waals surface area contributed by atoms with Crippen LogP contribution in [-0.4, -0.2) is 142 Å². The van der Waals surface area contributed by atoms with Crippen molar-refractivity contribution in [3.8, 4) is 0 Å². The largest absolute Gasteiger partial charge is 0.459 e. The van der Waals surface area contributed by atoms with E-state index >= 15 is 14.4 Å². The maximum atomic E-state index is 15.4. The van der Waals surface area contributed by atoms with Gasteiger partial charge in [-0.15, -0.1) is 6.58 Å². The lowest BCUT2D eigenvalue weighted by atomic mass is 9.94. The third-order valence-electron chi connectivity index (χ3n) is 19.8. The van der Waals surface area contributed by atoms with Crippen LogP contribution in [0.1, 0.15) is 74.8 Å². The molecule has 115 heavy (non-hydrogen) atoms. The molecular formula is C95H90O20. The first-order chi connectivity index (χ1) is 56.6. The van der Waals surface area contributed by atoms with Crippen LogP contribution in [0.2, 0.25) is 0 Å². The Labute approximate surface area is 668 Å². The van der Waals surface area contributed by atoms with Crippen LogP contribution in [0, 0.1) is 0 Å². The van der Waals surface area contributed by atoms with Crippen molar-refractivity contribution in [2.75, 3.05) is 26.4 Å². The SMILES string of the molecule is C=CCOC1OC(COCc2ccccc2)C(OCc2ccccc2)C(OC2OC(COC(=O)c3ccccc3)C(OC(=O)c3ccccc3)C(OC3OC(COCc4ccccc4)C(OCc4ccccc4)C(OCc4ccc5ccccc5c4)C3OC(=O)c3ccccc3)C2OCc2ccccc2)C1OC(=O)c1ccccc1. The van der Waals surface area contributed by atoms with Crippen molar-refractivity contribution >= 4 is 34.6 Å². The van der Waals surface area contributed by atoms with Crippen molar-refractivity contribution in [2.24, 2.45) is 0 Å². The molecule has 3 aliphatic rings. The Morgan fingerprint density at radius 1 is 0.278 bits per heavy atom. The number of fused-ring (bicyclic) bond motifs is 1. The summed E-state index contributed by atoms with van der Waals surface area (Å²) in [5.41, 5.74) is 5.39. The lowest BCUT2D eigenvalue weighted by molar-refractivity contribution is -0.388. The van der Waals surface area contributed by atoms with Crippen LogP contribution in [-0.2, 0) is 115 Å². The molecule has 0 radical (unpaired) electrons. The van der Waals surface area contributed by atoms with Gasteiger partial charge in [0, 0.05) is 0 Å². The highest BCUT2D eigenvalue weighted by Gasteiger charge is 2.59. The second-order valence-electron chi connectivity index (χ2n) is 27.9. The zero-order valence-electron chi connectivity index (χ0n) is 63.2. The van der Waals surface area contributed by atoms with Crippen LogP contribution < -0.4 is 0 Å². The molecule has 0 saturated carbocycles. The van der Waals surface area contributed by atoms with E-state index in [0.29, 0.717) is 5.56 Å². The smallest absolute Gasteiger partial charge is 0.338 e. The molecule has 15 atom stereocenters. The number of rotatable bonds is 36. The Morgan fingerprint density at radius 3 is 1.04 bits per heavy atom. The molecule has 0 amide bonds. The van der Waals surface area contributed by atoms with Crippen LogP contribution in [0.15, 0.2) is 328 Å². The van der Waals surface area contributed by atoms with E-state index in [1.54, 1.807) is 121 Å². The number of benzene rings is 11. The van der Waals surface area contributed by atoms with E-state index < -0.39 is 123 Å². The number of carbonyl (C=O) groups is 4. The van der Waals surface area contributed by atoms with Crippen LogP contribution >= 0.6 is 0 Å². The number of hydrogen-bond donors (Lipinski definition) is 0. The van der Waals surface area contributed by atoms with Gasteiger partial charge in [0.25, 0.3) is 0 Å². The van der Waals surface area contributed by atoms with Gasteiger partial charge in [0.05, 0.1) is 81.7 Å². The van der Waals surface area contributed by atoms with Gasteiger partial charge in [-0.3, -0.25) is 0 Å². The highest BCUT2D eigenvalue weighted by Crippen LogP contribution is 2.41. The molecule has 3 heterocycles. The highest BCUT2D eigenvalue weighted by molar-refractivity contribution is 5.91. The molecule has 3 fully saturated rings. The number of hydrogen-bond acceptors (Lipinski definition) is 20. The second-order valence-corrected chi connectivity index (χ2v) is 27.9. The third kappa shape index (κ3) is 22.0. The minimum absolute atomic E-state index is 0.0312. The number of carbonyl (C=O) groups excluding carboxylic acids is 4. The van der Waals surface area contributed by atoms with E-state index in [1.165, 1.54) is 6.08 Å². The average molecular weight is 1550 g/mol. The molecule has 14 rings (SSSR count). The zero-order chi connectivity index (χ0) is 78.8. The van der Waals surface area contributed by atoms with Gasteiger partial charge in [-0.25, -0.2) is 19.2 Å². The summed E-state index contributed by atoms with van der Waals surface area (Å²) in [7, 11) is 0. The van der Waals surface area contributed by atoms with E-state index in [-0.39, 0.29) is 81.7 Å². The van der Waals surface area contributed by atoms with Crippen molar-refractivity contribution in [3.05, 3.63) is 384 Å². The summed E-state index contributed by atoms with van der Waals surface area (Å²) in [5.74, 6) is -3.20. The maximum absolute atomic E-state index is 15.4. The van der Waals surface area contributed by atoms with Gasteiger partial charge in [-0.05, 0) is 98.8 Å². The standard InChI is InChI=1S/C95H90O20/c1-2-54-102-93-88(113-92(99)75-49-28-11-29-50-75)84(81(104-59-68-38-18-6-19-39-68)78(108-93)63-101-57-66-34-14-4-15-35-66)114-94-86(106-60-69-40-20-7-21-41-69)85(82(111-90(97)73-45-24-9-25-46-73)79(110-94)64-107-89(96)72-43-22-8-23-44-72)115-95-87(112-91(98)74-47-26-10-27-48-74)83(105-61-70-52-53-71-42-30-31-51-76(71)55-70)80(103-58-67-36-16-5-17-37-67)77(109-95)62-100-56-65-32-12-3-13-33-65/h2-53,55,77-88,93-95H,1,54,56-64H2. The summed E-state index contributed by atoms with van der Waals surface area (Å²) in [6.45, 7) is 2.93. The minimum Gasteiger partial charge on any atom is -0.459 e. The van der Waals surface area contributed by atoms with Gasteiger partial charge in [0.2, 0.25) is 0 Å². The van der Waals surface area contributed by atoms with Crippen LogP contribution in [0.25, 0.3) is 10.8 Å². The van der Waals surface area contributed by atoms with Gasteiger partial charge in [0.15, 0.2) is 37.2 Å². The molecule has 0 spiro atoms. The lowest BCUT2D eigenvalue weighted by Crippen LogP contribution is -2.69. The van der Waals surface area contributed by atoms with Gasteiger partial charge in [-0.1, -0.05) is 267 Å². The van der Waals surface area contributed by atoms with Gasteiger partial charge in [-0.2, -0.15) is 0 Å². The van der Waals surface area contributed by atoms with Crippen LogP contribution in [0.4, 0.5) is 0 Å². The Morgan fingerprint density at radius 2 is 0.600 bits per heavy atom. The van der Waals surface area contributed by atoms with Crippen LogP contribution in [0.5, 0.6) is 0 Å². The minimum atomic E-state index is -1.79. The molecule has 11 aromatic rings. The number of esters is 4. The quantitative estimate of drug-likeness (QED) is 0.0203. The summed E-state index contributed by atoms with van der Waals surface area (Å²) in [6.07, 6.45) is -20.7. The van der Waals surface area contributed by atoms with E-state index in [9.17, 15) is 4.79 Å². The molecule has 20 nitrogen and oxygen atoms in total. The molecule has 3 aliphatic heterocycles. The van der Waals surface area contributed by atoms with Crippen molar-refractivity contribution < 1.29 is 95.0 Å². The molecule has 20 heteroatoms.